The summed E-state index contributed by atoms with van der Waals surface area (Å²) in [6.45, 7) is 12.7. The molecule has 0 bridgehead atoms. The van der Waals surface area contributed by atoms with Crippen LogP contribution in [0.2, 0.25) is 0 Å². The molecule has 1 aromatic rings. The summed E-state index contributed by atoms with van der Waals surface area (Å²) in [7, 11) is 0. The lowest BCUT2D eigenvalue weighted by molar-refractivity contribution is -0.134. The molecule has 4 saturated heterocycles. The van der Waals surface area contributed by atoms with E-state index in [0.29, 0.717) is 24.2 Å². The maximum Gasteiger partial charge on any atom is 0.410 e. The third kappa shape index (κ3) is 5.51. The highest BCUT2D eigenvalue weighted by atomic mass is 16.6. The molecule has 4 fully saturated rings. The highest BCUT2D eigenvalue weighted by molar-refractivity contribution is 6.00. The number of rotatable bonds is 4. The summed E-state index contributed by atoms with van der Waals surface area (Å²) < 4.78 is 5.52. The monoisotopic (exact) mass is 497 g/mol. The molecule has 1 N–H and O–H groups in total. The van der Waals surface area contributed by atoms with Gasteiger partial charge in [-0.2, -0.15) is 0 Å². The van der Waals surface area contributed by atoms with Crippen LogP contribution in [0, 0.1) is 11.3 Å². The molecule has 9 heteroatoms. The van der Waals surface area contributed by atoms with E-state index >= 15 is 0 Å². The van der Waals surface area contributed by atoms with Crippen LogP contribution in [0.15, 0.2) is 18.3 Å². The normalized spacial score (nSPS) is 25.1. The first kappa shape index (κ1) is 25.0. The number of carbonyl (C=O) groups is 3. The van der Waals surface area contributed by atoms with E-state index in [1.165, 1.54) is 6.42 Å². The zero-order valence-electron chi connectivity index (χ0n) is 21.8. The van der Waals surface area contributed by atoms with Gasteiger partial charge in [0.25, 0.3) is 0 Å². The molecule has 1 aromatic heterocycles. The van der Waals surface area contributed by atoms with Crippen molar-refractivity contribution < 1.29 is 19.1 Å². The van der Waals surface area contributed by atoms with Gasteiger partial charge in [0, 0.05) is 57.3 Å². The molecule has 0 aliphatic carbocycles. The Morgan fingerprint density at radius 1 is 1.11 bits per heavy atom. The number of aromatic nitrogens is 1. The Kier molecular flexibility index (Phi) is 6.70. The molecule has 1 spiro atoms. The molecule has 4 aliphatic rings. The number of carbonyl (C=O) groups excluding carboxylic acids is 3. The fourth-order valence-corrected chi connectivity index (χ4v) is 6.16. The number of nitrogens with zero attached hydrogens (tertiary/aromatic N) is 4. The summed E-state index contributed by atoms with van der Waals surface area (Å²) >= 11 is 0. The smallest absolute Gasteiger partial charge is 0.410 e. The Balaban J connectivity index is 1.06. The Labute approximate surface area is 213 Å². The minimum absolute atomic E-state index is 0.186. The lowest BCUT2D eigenvalue weighted by Gasteiger charge is -2.49. The predicted molar refractivity (Wildman–Crippen MR) is 136 cm³/mol. The average Bonchev–Trinajstić information content (AvgIpc) is 3.22. The van der Waals surface area contributed by atoms with Crippen LogP contribution < -0.4 is 10.2 Å². The molecular formula is C27H39N5O4. The molecule has 5 heterocycles. The molecule has 0 aromatic carbocycles. The first-order valence-corrected chi connectivity index (χ1v) is 13.3. The second-order valence-electron chi connectivity index (χ2n) is 12.2. The van der Waals surface area contributed by atoms with Crippen LogP contribution in [-0.4, -0.2) is 84.1 Å². The molecule has 0 radical (unpaired) electrons. The largest absolute Gasteiger partial charge is 0.444 e. The topological polar surface area (TPSA) is 95.1 Å². The van der Waals surface area contributed by atoms with Gasteiger partial charge >= 0.3 is 6.09 Å². The van der Waals surface area contributed by atoms with E-state index in [2.05, 4.69) is 20.1 Å². The predicted octanol–water partition coefficient (Wildman–Crippen LogP) is 2.76. The number of amides is 3. The van der Waals surface area contributed by atoms with Gasteiger partial charge in [0.15, 0.2) is 0 Å². The van der Waals surface area contributed by atoms with Crippen LogP contribution in [0.4, 0.5) is 10.6 Å². The Morgan fingerprint density at radius 3 is 2.50 bits per heavy atom. The van der Waals surface area contributed by atoms with Gasteiger partial charge in [0.2, 0.25) is 11.8 Å². The molecule has 36 heavy (non-hydrogen) atoms. The third-order valence-corrected chi connectivity index (χ3v) is 8.09. The molecule has 5 rings (SSSR count). The van der Waals surface area contributed by atoms with Crippen molar-refractivity contribution in [1.29, 1.82) is 0 Å². The van der Waals surface area contributed by atoms with Crippen LogP contribution in [0.25, 0.3) is 0 Å². The number of anilines is 1. The van der Waals surface area contributed by atoms with Gasteiger partial charge < -0.3 is 19.4 Å². The van der Waals surface area contributed by atoms with Crippen LogP contribution in [0.3, 0.4) is 0 Å². The molecule has 4 aliphatic heterocycles. The highest BCUT2D eigenvalue weighted by Crippen LogP contribution is 2.42. The van der Waals surface area contributed by atoms with Crippen molar-refractivity contribution in [3.8, 4) is 0 Å². The Morgan fingerprint density at radius 2 is 1.86 bits per heavy atom. The van der Waals surface area contributed by atoms with E-state index in [0.717, 1.165) is 70.0 Å². The van der Waals surface area contributed by atoms with E-state index < -0.39 is 5.60 Å². The van der Waals surface area contributed by atoms with Crippen LogP contribution in [-0.2, 0) is 14.3 Å². The second-order valence-corrected chi connectivity index (χ2v) is 12.2. The SMILES string of the molecule is CC(C)(C)OC(=O)N1CCC(CN2CCC3(C2)CN(c2ccc(C4CCC(=O)NC4=O)cn2)C3)CC1. The highest BCUT2D eigenvalue weighted by Gasteiger charge is 2.48. The summed E-state index contributed by atoms with van der Waals surface area (Å²) in [5.74, 6) is 0.904. The second kappa shape index (κ2) is 9.65. The third-order valence-electron chi connectivity index (χ3n) is 8.09. The van der Waals surface area contributed by atoms with Gasteiger partial charge in [0.1, 0.15) is 11.4 Å². The zero-order chi connectivity index (χ0) is 25.5. The summed E-state index contributed by atoms with van der Waals surface area (Å²) in [5, 5.41) is 2.43. The lowest BCUT2D eigenvalue weighted by Crippen LogP contribution is -2.58. The van der Waals surface area contributed by atoms with Gasteiger partial charge in [-0.25, -0.2) is 9.78 Å². The van der Waals surface area contributed by atoms with E-state index in [-0.39, 0.29) is 23.8 Å². The van der Waals surface area contributed by atoms with Crippen molar-refractivity contribution in [2.45, 2.75) is 64.4 Å². The molecular weight excluding hydrogens is 458 g/mol. The number of ether oxygens (including phenoxy) is 1. The van der Waals surface area contributed by atoms with Crippen molar-refractivity contribution in [3.63, 3.8) is 0 Å². The maximum atomic E-state index is 12.3. The minimum Gasteiger partial charge on any atom is -0.444 e. The number of hydrogen-bond acceptors (Lipinski definition) is 7. The number of pyridine rings is 1. The fourth-order valence-electron chi connectivity index (χ4n) is 6.16. The van der Waals surface area contributed by atoms with Crippen LogP contribution >= 0.6 is 0 Å². The number of nitrogens with one attached hydrogen (secondary N) is 1. The number of hydrogen-bond donors (Lipinski definition) is 1. The van der Waals surface area contributed by atoms with Crippen LogP contribution in [0.5, 0.6) is 0 Å². The standard InChI is InChI=1S/C27H39N5O4/c1-26(2,3)36-25(35)31-11-8-19(9-12-31)15-30-13-10-27(16-30)17-32(18-27)22-6-4-20(14-28-22)21-5-7-23(33)29-24(21)34/h4,6,14,19,21H,5,7-13,15-18H2,1-3H3,(H,29,33,34). The Bertz CT molecular complexity index is 990. The summed E-state index contributed by atoms with van der Waals surface area (Å²) in [6.07, 6.45) is 5.84. The van der Waals surface area contributed by atoms with E-state index in [9.17, 15) is 14.4 Å². The first-order valence-electron chi connectivity index (χ1n) is 13.3. The minimum atomic E-state index is -0.445. The van der Waals surface area contributed by atoms with Crippen molar-refractivity contribution in [2.75, 3.05) is 50.7 Å². The van der Waals surface area contributed by atoms with E-state index in [1.54, 1.807) is 6.20 Å². The summed E-state index contributed by atoms with van der Waals surface area (Å²) in [5.41, 5.74) is 0.782. The average molecular weight is 498 g/mol. The Hall–Kier alpha value is -2.68. The number of piperidine rings is 2. The van der Waals surface area contributed by atoms with Crippen LogP contribution in [0.1, 0.15) is 64.4 Å². The molecule has 196 valence electrons. The van der Waals surface area contributed by atoms with Crippen molar-refractivity contribution in [2.24, 2.45) is 11.3 Å². The zero-order valence-corrected chi connectivity index (χ0v) is 21.8. The number of imide groups is 1. The van der Waals surface area contributed by atoms with Gasteiger partial charge in [-0.1, -0.05) is 6.07 Å². The van der Waals surface area contributed by atoms with E-state index in [1.807, 2.05) is 37.8 Å². The molecule has 0 saturated carbocycles. The van der Waals surface area contributed by atoms with E-state index in [4.69, 9.17) is 4.74 Å². The van der Waals surface area contributed by atoms with Gasteiger partial charge in [0.05, 0.1) is 5.92 Å². The molecule has 3 amide bonds. The maximum absolute atomic E-state index is 12.3. The van der Waals surface area contributed by atoms with Crippen molar-refractivity contribution >= 4 is 23.7 Å². The van der Waals surface area contributed by atoms with Gasteiger partial charge in [-0.15, -0.1) is 0 Å². The molecule has 1 unspecified atom stereocenters. The lowest BCUT2D eigenvalue weighted by atomic mass is 9.79. The van der Waals surface area contributed by atoms with Crippen molar-refractivity contribution in [1.82, 2.24) is 20.1 Å². The van der Waals surface area contributed by atoms with Crippen molar-refractivity contribution in [3.05, 3.63) is 23.9 Å². The summed E-state index contributed by atoms with van der Waals surface area (Å²) in [4.78, 5) is 47.3. The molecule has 1 atom stereocenters. The quantitative estimate of drug-likeness (QED) is 0.639. The number of likely N-dealkylation sites (tertiary alicyclic amines) is 2. The fraction of sp³-hybridized carbons (Fsp3) is 0.704. The summed E-state index contributed by atoms with van der Waals surface area (Å²) in [6, 6.07) is 4.00. The first-order chi connectivity index (χ1) is 17.1. The molecule has 9 nitrogen and oxygen atoms in total. The van der Waals surface area contributed by atoms with Gasteiger partial charge in [-0.05, 0) is 70.5 Å². The van der Waals surface area contributed by atoms with Gasteiger partial charge in [-0.3, -0.25) is 14.9 Å².